The van der Waals surface area contributed by atoms with Crippen LogP contribution < -0.4 is 10.2 Å². The molecule has 0 bridgehead atoms. The largest absolute Gasteiger partial charge is 0.369 e. The van der Waals surface area contributed by atoms with E-state index in [1.54, 1.807) is 12.4 Å². The minimum Gasteiger partial charge on any atom is -0.369 e. The standard InChI is InChI=1S/C15H20N4/c1-4-12-6-8-13(9-7-12)19(3)15-11-16-10-14(18-15)17-5-2/h6-11H,4-5H2,1-3H3,(H,17,18). The van der Waals surface area contributed by atoms with E-state index in [4.69, 9.17) is 0 Å². The van der Waals surface area contributed by atoms with Gasteiger partial charge in [-0.15, -0.1) is 0 Å². The summed E-state index contributed by atoms with van der Waals surface area (Å²) in [6, 6.07) is 8.52. The van der Waals surface area contributed by atoms with Crippen molar-refractivity contribution < 1.29 is 0 Å². The highest BCUT2D eigenvalue weighted by Gasteiger charge is 2.06. The van der Waals surface area contributed by atoms with Gasteiger partial charge in [-0.3, -0.25) is 4.98 Å². The van der Waals surface area contributed by atoms with E-state index in [0.29, 0.717) is 0 Å². The predicted molar refractivity (Wildman–Crippen MR) is 80.1 cm³/mol. The molecule has 0 fully saturated rings. The van der Waals surface area contributed by atoms with Crippen LogP contribution in [0, 0.1) is 0 Å². The maximum absolute atomic E-state index is 4.53. The third-order valence-electron chi connectivity index (χ3n) is 3.06. The Morgan fingerprint density at radius 3 is 2.47 bits per heavy atom. The van der Waals surface area contributed by atoms with Crippen molar-refractivity contribution in [2.24, 2.45) is 0 Å². The molecule has 0 aliphatic rings. The highest BCUT2D eigenvalue weighted by Crippen LogP contribution is 2.22. The van der Waals surface area contributed by atoms with Gasteiger partial charge in [0.05, 0.1) is 12.4 Å². The molecule has 2 rings (SSSR count). The molecule has 4 heteroatoms. The number of aromatic nitrogens is 2. The summed E-state index contributed by atoms with van der Waals surface area (Å²) in [6.45, 7) is 5.04. The van der Waals surface area contributed by atoms with Crippen molar-refractivity contribution in [3.8, 4) is 0 Å². The van der Waals surface area contributed by atoms with Crippen LogP contribution in [-0.2, 0) is 6.42 Å². The van der Waals surface area contributed by atoms with Crippen LogP contribution in [0.2, 0.25) is 0 Å². The van der Waals surface area contributed by atoms with E-state index in [1.165, 1.54) is 5.56 Å². The lowest BCUT2D eigenvalue weighted by atomic mass is 10.1. The zero-order valence-electron chi connectivity index (χ0n) is 11.7. The van der Waals surface area contributed by atoms with Gasteiger partial charge in [-0.2, -0.15) is 0 Å². The molecule has 1 aromatic heterocycles. The van der Waals surface area contributed by atoms with Gasteiger partial charge in [-0.1, -0.05) is 19.1 Å². The van der Waals surface area contributed by atoms with Crippen molar-refractivity contribution in [1.82, 2.24) is 9.97 Å². The number of nitrogens with zero attached hydrogens (tertiary/aromatic N) is 3. The Hall–Kier alpha value is -2.10. The predicted octanol–water partition coefficient (Wildman–Crippen LogP) is 3.24. The summed E-state index contributed by atoms with van der Waals surface area (Å²) in [7, 11) is 2.00. The number of rotatable bonds is 5. The van der Waals surface area contributed by atoms with E-state index in [2.05, 4.69) is 46.5 Å². The van der Waals surface area contributed by atoms with E-state index in [9.17, 15) is 0 Å². The van der Waals surface area contributed by atoms with Crippen molar-refractivity contribution in [2.45, 2.75) is 20.3 Å². The molecule has 0 aliphatic carbocycles. The van der Waals surface area contributed by atoms with Gasteiger partial charge in [0.1, 0.15) is 5.82 Å². The SMILES string of the molecule is CCNc1cncc(N(C)c2ccc(CC)cc2)n1. The molecule has 0 radical (unpaired) electrons. The van der Waals surface area contributed by atoms with Crippen molar-refractivity contribution in [3.05, 3.63) is 42.2 Å². The summed E-state index contributed by atoms with van der Waals surface area (Å²) in [5.74, 6) is 1.64. The lowest BCUT2D eigenvalue weighted by molar-refractivity contribution is 1.06. The average molecular weight is 256 g/mol. The second-order valence-electron chi connectivity index (χ2n) is 4.37. The van der Waals surface area contributed by atoms with Crippen molar-refractivity contribution in [3.63, 3.8) is 0 Å². The van der Waals surface area contributed by atoms with Crippen LogP contribution in [0.3, 0.4) is 0 Å². The van der Waals surface area contributed by atoms with Crippen LogP contribution in [-0.4, -0.2) is 23.6 Å². The molecule has 2 aromatic rings. The first-order valence-corrected chi connectivity index (χ1v) is 6.63. The molecule has 0 atom stereocenters. The molecule has 100 valence electrons. The first-order chi connectivity index (χ1) is 9.24. The third-order valence-corrected chi connectivity index (χ3v) is 3.06. The Morgan fingerprint density at radius 2 is 1.84 bits per heavy atom. The van der Waals surface area contributed by atoms with Gasteiger partial charge in [-0.05, 0) is 31.0 Å². The zero-order valence-corrected chi connectivity index (χ0v) is 11.7. The van der Waals surface area contributed by atoms with Crippen LogP contribution in [0.25, 0.3) is 0 Å². The maximum Gasteiger partial charge on any atom is 0.153 e. The summed E-state index contributed by atoms with van der Waals surface area (Å²) < 4.78 is 0. The molecule has 1 N–H and O–H groups in total. The highest BCUT2D eigenvalue weighted by molar-refractivity contribution is 5.59. The molecular formula is C15H20N4. The number of aryl methyl sites for hydroxylation is 1. The Labute approximate surface area is 114 Å². The van der Waals surface area contributed by atoms with Crippen LogP contribution >= 0.6 is 0 Å². The van der Waals surface area contributed by atoms with Crippen molar-refractivity contribution in [1.29, 1.82) is 0 Å². The van der Waals surface area contributed by atoms with E-state index in [-0.39, 0.29) is 0 Å². The van der Waals surface area contributed by atoms with E-state index < -0.39 is 0 Å². The summed E-state index contributed by atoms with van der Waals surface area (Å²) in [5, 5.41) is 3.17. The maximum atomic E-state index is 4.53. The van der Waals surface area contributed by atoms with Gasteiger partial charge in [-0.25, -0.2) is 4.98 Å². The lowest BCUT2D eigenvalue weighted by Crippen LogP contribution is -2.12. The van der Waals surface area contributed by atoms with Gasteiger partial charge >= 0.3 is 0 Å². The van der Waals surface area contributed by atoms with E-state index in [1.807, 2.05) is 18.9 Å². The van der Waals surface area contributed by atoms with Crippen molar-refractivity contribution >= 4 is 17.3 Å². The number of benzene rings is 1. The van der Waals surface area contributed by atoms with Crippen LogP contribution in [0.1, 0.15) is 19.4 Å². The van der Waals surface area contributed by atoms with E-state index >= 15 is 0 Å². The number of hydrogen-bond acceptors (Lipinski definition) is 4. The van der Waals surface area contributed by atoms with Gasteiger partial charge in [0.25, 0.3) is 0 Å². The monoisotopic (exact) mass is 256 g/mol. The second-order valence-corrected chi connectivity index (χ2v) is 4.37. The van der Waals surface area contributed by atoms with Crippen molar-refractivity contribution in [2.75, 3.05) is 23.8 Å². The molecule has 0 saturated heterocycles. The Balaban J connectivity index is 2.22. The second kappa shape index (κ2) is 6.18. The summed E-state index contributed by atoms with van der Waals surface area (Å²) in [4.78, 5) is 10.8. The number of nitrogens with one attached hydrogen (secondary N) is 1. The minimum atomic E-state index is 0.803. The number of hydrogen-bond donors (Lipinski definition) is 1. The molecule has 0 saturated carbocycles. The number of anilines is 3. The molecule has 0 unspecified atom stereocenters. The zero-order chi connectivity index (χ0) is 13.7. The first kappa shape index (κ1) is 13.3. The van der Waals surface area contributed by atoms with Gasteiger partial charge in [0, 0.05) is 19.3 Å². The fraction of sp³-hybridized carbons (Fsp3) is 0.333. The quantitative estimate of drug-likeness (QED) is 0.891. The molecule has 4 nitrogen and oxygen atoms in total. The molecule has 0 amide bonds. The molecule has 0 spiro atoms. The fourth-order valence-corrected chi connectivity index (χ4v) is 1.87. The van der Waals surface area contributed by atoms with Crippen LogP contribution in [0.5, 0.6) is 0 Å². The van der Waals surface area contributed by atoms with Gasteiger partial charge in [0.2, 0.25) is 0 Å². The van der Waals surface area contributed by atoms with Crippen LogP contribution in [0.15, 0.2) is 36.7 Å². The fourth-order valence-electron chi connectivity index (χ4n) is 1.87. The Morgan fingerprint density at radius 1 is 1.11 bits per heavy atom. The van der Waals surface area contributed by atoms with Crippen LogP contribution in [0.4, 0.5) is 17.3 Å². The smallest absolute Gasteiger partial charge is 0.153 e. The summed E-state index contributed by atoms with van der Waals surface area (Å²) in [5.41, 5.74) is 2.45. The first-order valence-electron chi connectivity index (χ1n) is 6.63. The Bertz CT molecular complexity index is 522. The molecule has 1 heterocycles. The minimum absolute atomic E-state index is 0.803. The average Bonchev–Trinajstić information content (AvgIpc) is 2.47. The molecular weight excluding hydrogens is 236 g/mol. The topological polar surface area (TPSA) is 41.1 Å². The molecule has 0 aliphatic heterocycles. The third kappa shape index (κ3) is 3.22. The molecule has 1 aromatic carbocycles. The lowest BCUT2D eigenvalue weighted by Gasteiger charge is -2.18. The molecule has 19 heavy (non-hydrogen) atoms. The summed E-state index contributed by atoms with van der Waals surface area (Å²) in [6.07, 6.45) is 4.56. The highest BCUT2D eigenvalue weighted by atomic mass is 15.2. The normalized spacial score (nSPS) is 10.3. The van der Waals surface area contributed by atoms with Gasteiger partial charge < -0.3 is 10.2 Å². The van der Waals surface area contributed by atoms with Gasteiger partial charge in [0.15, 0.2) is 5.82 Å². The van der Waals surface area contributed by atoms with E-state index in [0.717, 1.165) is 30.3 Å². The summed E-state index contributed by atoms with van der Waals surface area (Å²) >= 11 is 0. The Kier molecular flexibility index (Phi) is 4.34.